The van der Waals surface area contributed by atoms with Crippen molar-refractivity contribution in [3.05, 3.63) is 10.9 Å². The molecular weight excluding hydrogens is 248 g/mol. The molecule has 0 radical (unpaired) electrons. The lowest BCUT2D eigenvalue weighted by Gasteiger charge is -2.03. The summed E-state index contributed by atoms with van der Waals surface area (Å²) in [7, 11) is 0. The van der Waals surface area contributed by atoms with Crippen molar-refractivity contribution in [3.8, 4) is 0 Å². The van der Waals surface area contributed by atoms with Crippen molar-refractivity contribution in [2.24, 2.45) is 5.92 Å². The summed E-state index contributed by atoms with van der Waals surface area (Å²) >= 11 is 1.47. The summed E-state index contributed by atoms with van der Waals surface area (Å²) in [6.45, 7) is 4.35. The molecule has 0 spiro atoms. The molecule has 5 heteroatoms. The van der Waals surface area contributed by atoms with Gasteiger partial charge in [0.2, 0.25) is 0 Å². The predicted molar refractivity (Wildman–Crippen MR) is 75.4 cm³/mol. The molecule has 0 atom stereocenters. The highest BCUT2D eigenvalue weighted by Crippen LogP contribution is 2.38. The summed E-state index contributed by atoms with van der Waals surface area (Å²) in [5.74, 6) is 0.455. The van der Waals surface area contributed by atoms with Crippen molar-refractivity contribution in [1.29, 1.82) is 0 Å². The van der Waals surface area contributed by atoms with Crippen molar-refractivity contribution in [2.75, 3.05) is 30.8 Å². The first kappa shape index (κ1) is 13.4. The summed E-state index contributed by atoms with van der Waals surface area (Å²) in [6, 6.07) is 1.86. The second kappa shape index (κ2) is 6.20. The Bertz CT molecular complexity index is 413. The van der Waals surface area contributed by atoms with E-state index in [1.807, 2.05) is 13.0 Å². The Hall–Kier alpha value is -1.07. The number of ketones is 1. The minimum atomic E-state index is 0.222. The molecule has 1 aromatic heterocycles. The highest BCUT2D eigenvalue weighted by atomic mass is 32.1. The molecular formula is C13H20N2O2S. The molecule has 0 aromatic carbocycles. The number of anilines is 2. The number of carbonyl (C=O) groups excluding carboxylic acids is 1. The third-order valence-electron chi connectivity index (χ3n) is 2.90. The Morgan fingerprint density at radius 2 is 2.39 bits per heavy atom. The van der Waals surface area contributed by atoms with E-state index in [1.54, 1.807) is 0 Å². The van der Waals surface area contributed by atoms with Gasteiger partial charge < -0.3 is 15.8 Å². The Balaban J connectivity index is 1.82. The molecule has 0 amide bonds. The van der Waals surface area contributed by atoms with E-state index in [0.717, 1.165) is 48.9 Å². The molecule has 1 heterocycles. The van der Waals surface area contributed by atoms with Crippen LogP contribution in [-0.4, -0.2) is 25.5 Å². The number of hydrogen-bond donors (Lipinski definition) is 2. The topological polar surface area (TPSA) is 64.3 Å². The molecule has 1 aliphatic rings. The van der Waals surface area contributed by atoms with Gasteiger partial charge in [0.05, 0.1) is 15.6 Å². The van der Waals surface area contributed by atoms with Gasteiger partial charge in [-0.1, -0.05) is 0 Å². The highest BCUT2D eigenvalue weighted by molar-refractivity contribution is 7.18. The maximum atomic E-state index is 11.9. The van der Waals surface area contributed by atoms with Crippen LogP contribution in [0.4, 0.5) is 10.7 Å². The van der Waals surface area contributed by atoms with Crippen LogP contribution >= 0.6 is 11.3 Å². The molecule has 4 nitrogen and oxygen atoms in total. The molecule has 100 valence electrons. The van der Waals surface area contributed by atoms with Gasteiger partial charge >= 0.3 is 0 Å². The van der Waals surface area contributed by atoms with Crippen LogP contribution in [0.15, 0.2) is 6.07 Å². The number of thiophene rings is 1. The first-order chi connectivity index (χ1) is 8.72. The third-order valence-corrected chi connectivity index (χ3v) is 4.02. The maximum absolute atomic E-state index is 11.9. The molecule has 1 saturated carbocycles. The molecule has 1 aliphatic carbocycles. The van der Waals surface area contributed by atoms with Crippen molar-refractivity contribution in [2.45, 2.75) is 26.2 Å². The van der Waals surface area contributed by atoms with Gasteiger partial charge in [0.25, 0.3) is 0 Å². The molecule has 1 fully saturated rings. The fraction of sp³-hybridized carbons (Fsp3) is 0.615. The van der Waals surface area contributed by atoms with Crippen LogP contribution < -0.4 is 11.1 Å². The number of hydrogen-bond acceptors (Lipinski definition) is 5. The van der Waals surface area contributed by atoms with Crippen LogP contribution in [0.25, 0.3) is 0 Å². The zero-order valence-corrected chi connectivity index (χ0v) is 11.5. The predicted octanol–water partition coefficient (Wildman–Crippen LogP) is 2.76. The lowest BCUT2D eigenvalue weighted by molar-refractivity contribution is 0.0972. The highest BCUT2D eigenvalue weighted by Gasteiger charge is 2.32. The van der Waals surface area contributed by atoms with Crippen molar-refractivity contribution in [3.63, 3.8) is 0 Å². The van der Waals surface area contributed by atoms with Crippen LogP contribution in [0.2, 0.25) is 0 Å². The van der Waals surface area contributed by atoms with Gasteiger partial charge in [-0.3, -0.25) is 4.79 Å². The molecule has 2 rings (SSSR count). The SMILES string of the molecule is CCOCCCNc1cc(N)c(C(=O)C2CC2)s1. The zero-order chi connectivity index (χ0) is 13.0. The van der Waals surface area contributed by atoms with Crippen molar-refractivity contribution < 1.29 is 9.53 Å². The second-order valence-corrected chi connectivity index (χ2v) is 5.56. The lowest BCUT2D eigenvalue weighted by atomic mass is 10.2. The van der Waals surface area contributed by atoms with Gasteiger partial charge in [0.1, 0.15) is 0 Å². The second-order valence-electron chi connectivity index (χ2n) is 4.51. The van der Waals surface area contributed by atoms with Gasteiger partial charge in [-0.25, -0.2) is 0 Å². The normalized spacial score (nSPS) is 14.7. The number of Topliss-reactive ketones (excluding diaryl/α,β-unsaturated/α-hetero) is 1. The number of nitrogens with two attached hydrogens (primary N) is 1. The standard InChI is InChI=1S/C13H20N2O2S/c1-2-17-7-3-6-15-11-8-10(14)13(18-11)12(16)9-4-5-9/h8-9,15H,2-7,14H2,1H3. The monoisotopic (exact) mass is 268 g/mol. The first-order valence-electron chi connectivity index (χ1n) is 6.47. The van der Waals surface area contributed by atoms with Crippen LogP contribution in [0.5, 0.6) is 0 Å². The largest absolute Gasteiger partial charge is 0.397 e. The van der Waals surface area contributed by atoms with Crippen LogP contribution in [-0.2, 0) is 4.74 Å². The fourth-order valence-corrected chi connectivity index (χ4v) is 2.77. The number of nitrogen functional groups attached to an aromatic ring is 1. The van der Waals surface area contributed by atoms with E-state index in [9.17, 15) is 4.79 Å². The Kier molecular flexibility index (Phi) is 4.60. The third kappa shape index (κ3) is 3.46. The molecule has 18 heavy (non-hydrogen) atoms. The minimum absolute atomic E-state index is 0.222. The van der Waals surface area contributed by atoms with E-state index < -0.39 is 0 Å². The summed E-state index contributed by atoms with van der Waals surface area (Å²) in [4.78, 5) is 12.7. The van der Waals surface area contributed by atoms with Gasteiger partial charge in [-0.15, -0.1) is 11.3 Å². The number of carbonyl (C=O) groups is 1. The quantitative estimate of drug-likeness (QED) is 0.562. The van der Waals surface area contributed by atoms with Gasteiger partial charge in [0.15, 0.2) is 5.78 Å². The molecule has 0 unspecified atom stereocenters. The van der Waals surface area contributed by atoms with Gasteiger partial charge in [-0.05, 0) is 32.3 Å². The molecule has 0 saturated heterocycles. The Labute approximate surface area is 112 Å². The summed E-state index contributed by atoms with van der Waals surface area (Å²) in [5, 5.41) is 4.26. The zero-order valence-electron chi connectivity index (χ0n) is 10.7. The number of nitrogens with one attached hydrogen (secondary N) is 1. The summed E-state index contributed by atoms with van der Waals surface area (Å²) in [5.41, 5.74) is 6.50. The molecule has 3 N–H and O–H groups in total. The summed E-state index contributed by atoms with van der Waals surface area (Å²) in [6.07, 6.45) is 3.00. The minimum Gasteiger partial charge on any atom is -0.397 e. The van der Waals surface area contributed by atoms with Gasteiger partial charge in [-0.2, -0.15) is 0 Å². The molecule has 0 aliphatic heterocycles. The van der Waals surface area contributed by atoms with Crippen molar-refractivity contribution in [1.82, 2.24) is 0 Å². The van der Waals surface area contributed by atoms with Crippen molar-refractivity contribution >= 4 is 27.8 Å². The van der Waals surface area contributed by atoms with E-state index in [1.165, 1.54) is 11.3 Å². The maximum Gasteiger partial charge on any atom is 0.178 e. The summed E-state index contributed by atoms with van der Waals surface area (Å²) < 4.78 is 5.26. The van der Waals surface area contributed by atoms with Gasteiger partial charge in [0, 0.05) is 25.7 Å². The Morgan fingerprint density at radius 3 is 3.06 bits per heavy atom. The van der Waals surface area contributed by atoms with E-state index in [2.05, 4.69) is 5.32 Å². The van der Waals surface area contributed by atoms with Crippen LogP contribution in [0.1, 0.15) is 35.9 Å². The van der Waals surface area contributed by atoms with Crippen LogP contribution in [0.3, 0.4) is 0 Å². The van der Waals surface area contributed by atoms with Crippen LogP contribution in [0, 0.1) is 5.92 Å². The smallest absolute Gasteiger partial charge is 0.178 e. The molecule has 1 aromatic rings. The fourth-order valence-electron chi connectivity index (χ4n) is 1.75. The lowest BCUT2D eigenvalue weighted by Crippen LogP contribution is -2.04. The average Bonchev–Trinajstić information content (AvgIpc) is 3.13. The van der Waals surface area contributed by atoms with E-state index >= 15 is 0 Å². The van der Waals surface area contributed by atoms with E-state index in [-0.39, 0.29) is 11.7 Å². The van der Waals surface area contributed by atoms with E-state index in [0.29, 0.717) is 5.69 Å². The number of rotatable bonds is 8. The molecule has 0 bridgehead atoms. The number of ether oxygens (including phenoxy) is 1. The first-order valence-corrected chi connectivity index (χ1v) is 7.29. The van der Waals surface area contributed by atoms with E-state index in [4.69, 9.17) is 10.5 Å². The Morgan fingerprint density at radius 1 is 1.61 bits per heavy atom. The average molecular weight is 268 g/mol.